The third-order valence-electron chi connectivity index (χ3n) is 6.22. The molecule has 0 unspecified atom stereocenters. The number of fused-ring (bicyclic) bond motifs is 2. The van der Waals surface area contributed by atoms with E-state index in [1.165, 1.54) is 16.7 Å². The van der Waals surface area contributed by atoms with Gasteiger partial charge < -0.3 is 30.4 Å². The number of amides is 2. The van der Waals surface area contributed by atoms with Crippen LogP contribution in [0.5, 0.6) is 0 Å². The Kier molecular flexibility index (Phi) is 7.15. The van der Waals surface area contributed by atoms with E-state index < -0.39 is 29.2 Å². The Hall–Kier alpha value is -3.43. The molecule has 1 fully saturated rings. The maximum absolute atomic E-state index is 13.1. The van der Waals surface area contributed by atoms with E-state index >= 15 is 0 Å². The number of β-lactam (4-membered cyclic amide) rings is 1. The normalized spacial score (nSPS) is 19.4. The Morgan fingerprint density at radius 1 is 1.42 bits per heavy atom. The first kappa shape index (κ1) is 26.2. The average Bonchev–Trinajstić information content (AvgIpc) is 3.49. The number of anilines is 1. The summed E-state index contributed by atoms with van der Waals surface area (Å²) in [6.45, 7) is 4.14. The average molecular weight is 621 g/mol. The maximum atomic E-state index is 13.1. The number of nitrogens with two attached hydrogens (primary N) is 1. The Morgan fingerprint density at radius 3 is 2.89 bits per heavy atom. The van der Waals surface area contributed by atoms with E-state index in [2.05, 4.69) is 31.4 Å². The van der Waals surface area contributed by atoms with Gasteiger partial charge in [0.05, 0.1) is 23.6 Å². The van der Waals surface area contributed by atoms with Gasteiger partial charge in [-0.3, -0.25) is 14.5 Å². The Balaban J connectivity index is 1.37. The van der Waals surface area contributed by atoms with Crippen LogP contribution in [0.25, 0.3) is 5.69 Å². The SMILES string of the molecule is CCO/N=C(\C(=O)N[C@@H]1C(=O)N2C(C(=O)[O-])=C(Cn3cc[n+]4c(Br)ccc-4c3C)CS[C@@H]12)c1csc(N)n1. The van der Waals surface area contributed by atoms with Gasteiger partial charge in [0.1, 0.15) is 23.7 Å². The Labute approximate surface area is 233 Å². The fourth-order valence-electron chi connectivity index (χ4n) is 4.39. The molecule has 0 radical (unpaired) electrons. The number of thioether (sulfide) groups is 1. The van der Waals surface area contributed by atoms with Crippen molar-refractivity contribution in [1.82, 2.24) is 19.8 Å². The number of carbonyl (C=O) groups excluding carboxylic acids is 3. The molecule has 0 aliphatic carbocycles. The minimum atomic E-state index is -1.44. The summed E-state index contributed by atoms with van der Waals surface area (Å²) in [7, 11) is 0. The van der Waals surface area contributed by atoms with Gasteiger partial charge in [-0.25, -0.2) is 4.98 Å². The molecule has 12 nitrogen and oxygen atoms in total. The number of halogens is 1. The lowest BCUT2D eigenvalue weighted by Crippen LogP contribution is -2.71. The van der Waals surface area contributed by atoms with Crippen molar-refractivity contribution in [3.63, 3.8) is 0 Å². The zero-order valence-corrected chi connectivity index (χ0v) is 23.4. The summed E-state index contributed by atoms with van der Waals surface area (Å²) in [6, 6.07) is 2.95. The molecule has 15 heteroatoms. The number of hydrogen-bond donors (Lipinski definition) is 2. The number of rotatable bonds is 8. The highest BCUT2D eigenvalue weighted by Gasteiger charge is 2.53. The highest BCUT2D eigenvalue weighted by molar-refractivity contribution is 9.10. The number of nitrogens with one attached hydrogen (secondary N) is 1. The van der Waals surface area contributed by atoms with E-state index in [1.807, 2.05) is 40.6 Å². The molecule has 5 heterocycles. The lowest BCUT2D eigenvalue weighted by Gasteiger charge is -2.50. The molecule has 0 bridgehead atoms. The number of oxime groups is 1. The molecular formula is C23H22BrN7O5S2. The van der Waals surface area contributed by atoms with E-state index in [9.17, 15) is 19.5 Å². The van der Waals surface area contributed by atoms with E-state index in [0.29, 0.717) is 11.3 Å². The molecule has 1 aromatic heterocycles. The molecule has 4 aliphatic heterocycles. The van der Waals surface area contributed by atoms with Crippen LogP contribution in [0.1, 0.15) is 18.3 Å². The second-order valence-corrected chi connectivity index (χ2v) is 11.3. The quantitative estimate of drug-likeness (QED) is 0.156. The summed E-state index contributed by atoms with van der Waals surface area (Å²) in [4.78, 5) is 48.7. The van der Waals surface area contributed by atoms with Gasteiger partial charge in [-0.2, -0.15) is 4.57 Å². The van der Waals surface area contributed by atoms with E-state index in [-0.39, 0.29) is 35.4 Å². The number of carbonyl (C=O) groups is 3. The lowest BCUT2D eigenvalue weighted by molar-refractivity contribution is -0.605. The van der Waals surface area contributed by atoms with Crippen LogP contribution in [0.15, 0.2) is 50.9 Å². The van der Waals surface area contributed by atoms with Crippen molar-refractivity contribution < 1.29 is 28.9 Å². The topological polar surface area (TPSA) is 159 Å². The van der Waals surface area contributed by atoms with Gasteiger partial charge in [0, 0.05) is 45.7 Å². The summed E-state index contributed by atoms with van der Waals surface area (Å²) in [5.74, 6) is -2.32. The predicted molar refractivity (Wildman–Crippen MR) is 141 cm³/mol. The minimum Gasteiger partial charge on any atom is -0.543 e. The summed E-state index contributed by atoms with van der Waals surface area (Å²) in [5.41, 5.74) is 8.06. The zero-order chi connectivity index (χ0) is 27.1. The highest BCUT2D eigenvalue weighted by atomic mass is 79.9. The van der Waals surface area contributed by atoms with Gasteiger partial charge in [-0.1, -0.05) is 5.16 Å². The van der Waals surface area contributed by atoms with Crippen molar-refractivity contribution in [3.8, 4) is 5.69 Å². The number of aliphatic carboxylic acids is 1. The van der Waals surface area contributed by atoms with Crippen molar-refractivity contribution in [1.29, 1.82) is 0 Å². The van der Waals surface area contributed by atoms with Crippen molar-refractivity contribution in [2.75, 3.05) is 18.1 Å². The molecule has 0 spiro atoms. The Morgan fingerprint density at radius 2 is 2.21 bits per heavy atom. The van der Waals surface area contributed by atoms with Crippen molar-refractivity contribution in [3.05, 3.63) is 57.2 Å². The molecule has 1 aromatic rings. The molecule has 0 saturated carbocycles. The van der Waals surface area contributed by atoms with Crippen LogP contribution in [0.4, 0.5) is 5.13 Å². The number of nitrogen functional groups attached to an aromatic ring is 1. The first-order valence-electron chi connectivity index (χ1n) is 11.5. The highest BCUT2D eigenvalue weighted by Crippen LogP contribution is 2.40. The van der Waals surface area contributed by atoms with Crippen molar-refractivity contribution in [2.24, 2.45) is 5.16 Å². The smallest absolute Gasteiger partial charge is 0.276 e. The molecule has 1 saturated heterocycles. The second-order valence-electron chi connectivity index (χ2n) is 8.45. The van der Waals surface area contributed by atoms with Crippen LogP contribution in [0.3, 0.4) is 0 Å². The van der Waals surface area contributed by atoms with Crippen LogP contribution in [0, 0.1) is 6.92 Å². The van der Waals surface area contributed by atoms with Crippen LogP contribution < -0.4 is 20.7 Å². The molecule has 4 aliphatic rings. The molecule has 38 heavy (non-hydrogen) atoms. The number of aromatic nitrogens is 3. The molecular weight excluding hydrogens is 598 g/mol. The largest absolute Gasteiger partial charge is 0.543 e. The van der Waals surface area contributed by atoms with E-state index in [4.69, 9.17) is 10.6 Å². The summed E-state index contributed by atoms with van der Waals surface area (Å²) < 4.78 is 4.81. The second kappa shape index (κ2) is 10.4. The minimum absolute atomic E-state index is 0.123. The fourth-order valence-corrected chi connectivity index (χ4v) is 6.71. The number of thiazole rings is 1. The molecule has 2 atom stereocenters. The van der Waals surface area contributed by atoms with Gasteiger partial charge in [0.25, 0.3) is 16.4 Å². The maximum Gasteiger partial charge on any atom is 0.276 e. The van der Waals surface area contributed by atoms with Crippen LogP contribution in [-0.4, -0.2) is 61.7 Å². The summed E-state index contributed by atoms with van der Waals surface area (Å²) in [5, 5.41) is 19.9. The summed E-state index contributed by atoms with van der Waals surface area (Å²) in [6.07, 6.45) is 3.73. The lowest BCUT2D eigenvalue weighted by atomic mass is 10.0. The van der Waals surface area contributed by atoms with Gasteiger partial charge in [0.2, 0.25) is 5.69 Å². The number of hydrogen-bond acceptors (Lipinski definition) is 10. The monoisotopic (exact) mass is 619 g/mol. The molecule has 3 N–H and O–H groups in total. The standard InChI is InChI=1S/C23H22BrN7O5S2/c1-3-36-28-16(13-10-38-23(25)26-13)19(32)27-17-20(33)31-18(22(34)35)12(9-37-21(17)31)8-29-6-7-30-14(11(29)2)4-5-15(30)24/h4-7,10,17,21H,3,8-9H2,1-2H3,(H3-,25,26,27,32,34,35)/b28-16-/t17-,21+/m1/s1. The van der Waals surface area contributed by atoms with Gasteiger partial charge >= 0.3 is 0 Å². The number of carboxylic acids is 1. The number of nitrogens with zero attached hydrogens (tertiary/aromatic N) is 5. The molecule has 0 aromatic carbocycles. The van der Waals surface area contributed by atoms with Crippen molar-refractivity contribution in [2.45, 2.75) is 31.8 Å². The number of carboxylic acid groups (broad SMARTS) is 1. The molecule has 5 rings (SSSR count). The zero-order valence-electron chi connectivity index (χ0n) is 20.2. The molecule has 2 amide bonds. The summed E-state index contributed by atoms with van der Waals surface area (Å²) >= 11 is 6.00. The fraction of sp³-hybridized carbons (Fsp3) is 0.304. The van der Waals surface area contributed by atoms with Crippen molar-refractivity contribution >= 4 is 67.7 Å². The third-order valence-corrected chi connectivity index (χ3v) is 8.88. The van der Waals surface area contributed by atoms with E-state index in [0.717, 1.165) is 27.3 Å². The molecule has 198 valence electrons. The van der Waals surface area contributed by atoms with Crippen LogP contribution in [0.2, 0.25) is 0 Å². The predicted octanol–water partition coefficient (Wildman–Crippen LogP) is 0.157. The van der Waals surface area contributed by atoms with Crippen LogP contribution in [-0.2, 0) is 25.8 Å². The van der Waals surface area contributed by atoms with E-state index in [1.54, 1.807) is 12.3 Å². The van der Waals surface area contributed by atoms with Crippen LogP contribution >= 0.6 is 39.0 Å². The van der Waals surface area contributed by atoms with Gasteiger partial charge in [0.15, 0.2) is 17.0 Å². The first-order chi connectivity index (χ1) is 18.2. The first-order valence-corrected chi connectivity index (χ1v) is 14.2. The third kappa shape index (κ3) is 4.54. The Bertz CT molecular complexity index is 1480. The van der Waals surface area contributed by atoms with Gasteiger partial charge in [-0.05, 0) is 19.4 Å². The van der Waals surface area contributed by atoms with Gasteiger partial charge in [-0.15, -0.1) is 23.1 Å².